The zero-order chi connectivity index (χ0) is 11.6. The Labute approximate surface area is 83.2 Å². The molecule has 0 atom stereocenters. The van der Waals surface area contributed by atoms with Crippen molar-refractivity contribution in [2.24, 2.45) is 0 Å². The van der Waals surface area contributed by atoms with E-state index in [1.807, 2.05) is 0 Å². The number of rotatable bonds is 5. The smallest absolute Gasteiger partial charge is 0.324 e. The fourth-order valence-electron chi connectivity index (χ4n) is 1.30. The summed E-state index contributed by atoms with van der Waals surface area (Å²) in [7, 11) is -8.91. The summed E-state index contributed by atoms with van der Waals surface area (Å²) in [4.78, 5) is 17.4. The van der Waals surface area contributed by atoms with E-state index >= 15 is 0 Å². The minimum atomic E-state index is -4.46. The summed E-state index contributed by atoms with van der Waals surface area (Å²) in [6, 6.07) is 0. The Kier molecular flexibility index (Phi) is 4.30. The highest BCUT2D eigenvalue weighted by atomic mass is 32.2. The van der Waals surface area contributed by atoms with E-state index in [4.69, 9.17) is 14.3 Å². The van der Waals surface area contributed by atoms with Crippen molar-refractivity contribution < 1.29 is 27.3 Å². The molecule has 0 saturated heterocycles. The van der Waals surface area contributed by atoms with Gasteiger partial charge in [-0.1, -0.05) is 13.8 Å². The van der Waals surface area contributed by atoms with Crippen LogP contribution in [0, 0.1) is 0 Å². The molecule has 0 heterocycles. The van der Waals surface area contributed by atoms with Gasteiger partial charge in [0.1, 0.15) is 4.75 Å². The first-order valence-corrected chi connectivity index (χ1v) is 7.33. The van der Waals surface area contributed by atoms with Crippen molar-refractivity contribution in [2.45, 2.75) is 31.4 Å². The third-order valence-corrected chi connectivity index (χ3v) is 5.38. The van der Waals surface area contributed by atoms with Gasteiger partial charge < -0.3 is 9.79 Å². The lowest BCUT2D eigenvalue weighted by Gasteiger charge is -2.27. The first kappa shape index (κ1) is 14.1. The average Bonchev–Trinajstić information content (AvgIpc) is 1.96. The monoisotopic (exact) mass is 246 g/mol. The normalized spacial score (nSPS) is 14.4. The molecule has 0 aliphatic rings. The van der Waals surface area contributed by atoms with E-state index in [0.717, 1.165) is 0 Å². The van der Waals surface area contributed by atoms with E-state index in [1.54, 1.807) is 0 Å². The molecule has 3 N–H and O–H groups in total. The first-order valence-electron chi connectivity index (χ1n) is 4.09. The lowest BCUT2D eigenvalue weighted by molar-refractivity contribution is 0.351. The number of hydrogen-bond donors (Lipinski definition) is 3. The van der Waals surface area contributed by atoms with Crippen LogP contribution in [0.25, 0.3) is 0 Å². The van der Waals surface area contributed by atoms with Gasteiger partial charge >= 0.3 is 7.60 Å². The molecule has 0 aromatic heterocycles. The van der Waals surface area contributed by atoms with Gasteiger partial charge in [0.15, 0.2) is 0 Å². The van der Waals surface area contributed by atoms with Gasteiger partial charge in [0.25, 0.3) is 10.1 Å². The van der Waals surface area contributed by atoms with Crippen LogP contribution in [0.4, 0.5) is 0 Å². The summed E-state index contributed by atoms with van der Waals surface area (Å²) >= 11 is 0. The minimum Gasteiger partial charge on any atom is -0.324 e. The summed E-state index contributed by atoms with van der Waals surface area (Å²) in [5.41, 5.74) is 0. The lowest BCUT2D eigenvalue weighted by Crippen LogP contribution is -2.40. The van der Waals surface area contributed by atoms with E-state index in [9.17, 15) is 13.0 Å². The van der Waals surface area contributed by atoms with Crippen molar-refractivity contribution in [2.75, 3.05) is 6.16 Å². The van der Waals surface area contributed by atoms with Crippen molar-refractivity contribution in [3.63, 3.8) is 0 Å². The summed E-state index contributed by atoms with van der Waals surface area (Å²) in [5.74, 6) is 0. The van der Waals surface area contributed by atoms with Gasteiger partial charge in [0, 0.05) is 0 Å². The van der Waals surface area contributed by atoms with Gasteiger partial charge in [-0.15, -0.1) is 0 Å². The minimum absolute atomic E-state index is 0.0343. The number of hydrogen-bond acceptors (Lipinski definition) is 3. The molecule has 86 valence electrons. The van der Waals surface area contributed by atoms with E-state index < -0.39 is 28.6 Å². The molecule has 0 spiro atoms. The fourth-order valence-corrected chi connectivity index (χ4v) is 4.38. The van der Waals surface area contributed by atoms with Crippen LogP contribution >= 0.6 is 7.60 Å². The molecule has 8 heteroatoms. The van der Waals surface area contributed by atoms with Gasteiger partial charge in [-0.25, -0.2) is 0 Å². The molecule has 0 bridgehead atoms. The predicted octanol–water partition coefficient (Wildman–Crippen LogP) is 0.611. The second-order valence-electron chi connectivity index (χ2n) is 3.19. The Morgan fingerprint density at radius 1 is 1.21 bits per heavy atom. The second-order valence-corrected chi connectivity index (χ2v) is 6.65. The molecule has 0 aliphatic heterocycles. The topological polar surface area (TPSA) is 112 Å². The molecule has 0 aromatic rings. The molecule has 0 radical (unpaired) electrons. The molecule has 0 rings (SSSR count). The summed E-state index contributed by atoms with van der Waals surface area (Å²) < 4.78 is 39.9. The molecule has 0 amide bonds. The Morgan fingerprint density at radius 3 is 1.64 bits per heavy atom. The molecule has 14 heavy (non-hydrogen) atoms. The van der Waals surface area contributed by atoms with Crippen molar-refractivity contribution in [3.8, 4) is 0 Å². The van der Waals surface area contributed by atoms with Crippen molar-refractivity contribution in [1.82, 2.24) is 0 Å². The van der Waals surface area contributed by atoms with Crippen LogP contribution < -0.4 is 0 Å². The fraction of sp³-hybridized carbons (Fsp3) is 1.00. The van der Waals surface area contributed by atoms with Crippen molar-refractivity contribution in [3.05, 3.63) is 0 Å². The van der Waals surface area contributed by atoms with Crippen LogP contribution in [0.15, 0.2) is 0 Å². The highest BCUT2D eigenvalue weighted by molar-refractivity contribution is 7.87. The van der Waals surface area contributed by atoms with E-state index in [1.165, 1.54) is 13.8 Å². The van der Waals surface area contributed by atoms with Crippen LogP contribution in [0.2, 0.25) is 0 Å². The van der Waals surface area contributed by atoms with Gasteiger partial charge in [0.05, 0.1) is 6.16 Å². The SMILES string of the molecule is CCC(CC)(CP(=O)(O)O)S(=O)(=O)O. The maximum Gasteiger partial charge on any atom is 0.327 e. The first-order chi connectivity index (χ1) is 6.08. The zero-order valence-electron chi connectivity index (χ0n) is 8.04. The lowest BCUT2D eigenvalue weighted by atomic mass is 10.1. The van der Waals surface area contributed by atoms with Crippen molar-refractivity contribution >= 4 is 17.7 Å². The van der Waals surface area contributed by atoms with Gasteiger partial charge in [-0.05, 0) is 12.8 Å². The highest BCUT2D eigenvalue weighted by Crippen LogP contribution is 2.43. The second kappa shape index (κ2) is 4.28. The molecule has 6 nitrogen and oxygen atoms in total. The largest absolute Gasteiger partial charge is 0.327 e. The predicted molar refractivity (Wildman–Crippen MR) is 51.8 cm³/mol. The zero-order valence-corrected chi connectivity index (χ0v) is 9.75. The van der Waals surface area contributed by atoms with Crippen molar-refractivity contribution in [1.29, 1.82) is 0 Å². The van der Waals surface area contributed by atoms with Gasteiger partial charge in [-0.3, -0.25) is 9.12 Å². The molecule has 0 aliphatic carbocycles. The molecular weight excluding hydrogens is 231 g/mol. The summed E-state index contributed by atoms with van der Waals surface area (Å²) in [5, 5.41) is 0. The third kappa shape index (κ3) is 3.33. The summed E-state index contributed by atoms with van der Waals surface area (Å²) in [6.45, 7) is 2.93. The molecule has 0 unspecified atom stereocenters. The Bertz CT molecular complexity index is 324. The van der Waals surface area contributed by atoms with E-state index in [2.05, 4.69) is 0 Å². The van der Waals surface area contributed by atoms with Crippen LogP contribution in [0.5, 0.6) is 0 Å². The Hall–Kier alpha value is 0.0600. The maximum atomic E-state index is 11.0. The summed E-state index contributed by atoms with van der Waals surface area (Å²) in [6.07, 6.45) is -0.910. The molecular formula is C6H15O6PS. The Balaban J connectivity index is 5.22. The molecule has 0 aromatic carbocycles. The van der Waals surface area contributed by atoms with Crippen LogP contribution in [-0.2, 0) is 14.7 Å². The molecule has 0 saturated carbocycles. The third-order valence-electron chi connectivity index (χ3n) is 2.33. The van der Waals surface area contributed by atoms with Crippen LogP contribution in [-0.4, -0.2) is 33.7 Å². The van der Waals surface area contributed by atoms with Gasteiger partial charge in [0.2, 0.25) is 0 Å². The van der Waals surface area contributed by atoms with E-state index in [-0.39, 0.29) is 12.8 Å². The standard InChI is InChI=1S/C6H15O6PS/c1-3-6(4-2,14(10,11)12)5-13(7,8)9/h3-5H2,1-2H3,(H2,7,8,9)(H,10,11,12). The average molecular weight is 246 g/mol. The Morgan fingerprint density at radius 2 is 1.57 bits per heavy atom. The van der Waals surface area contributed by atoms with Crippen LogP contribution in [0.3, 0.4) is 0 Å². The van der Waals surface area contributed by atoms with E-state index in [0.29, 0.717) is 0 Å². The van der Waals surface area contributed by atoms with Gasteiger partial charge in [-0.2, -0.15) is 8.42 Å². The van der Waals surface area contributed by atoms with Crippen LogP contribution in [0.1, 0.15) is 26.7 Å². The highest BCUT2D eigenvalue weighted by Gasteiger charge is 2.44. The maximum absolute atomic E-state index is 11.0. The quantitative estimate of drug-likeness (QED) is 0.484. The molecule has 0 fully saturated rings.